The molecule has 2 aromatic rings. The highest BCUT2D eigenvalue weighted by Crippen LogP contribution is 2.47. The molecule has 0 aromatic heterocycles. The van der Waals surface area contributed by atoms with E-state index in [0.29, 0.717) is 36.2 Å². The van der Waals surface area contributed by atoms with Gasteiger partial charge in [0, 0.05) is 30.3 Å². The molecular formula is C21H24FNO2. The topological polar surface area (TPSA) is 32.7 Å². The van der Waals surface area contributed by atoms with Gasteiger partial charge in [-0.05, 0) is 43.4 Å². The zero-order valence-electron chi connectivity index (χ0n) is 14.5. The fourth-order valence-corrected chi connectivity index (χ4v) is 4.59. The van der Waals surface area contributed by atoms with Gasteiger partial charge >= 0.3 is 0 Å². The molecule has 2 heterocycles. The van der Waals surface area contributed by atoms with Gasteiger partial charge < -0.3 is 9.84 Å². The average Bonchev–Trinajstić information content (AvgIpc) is 2.86. The standard InChI is InChI=1S/C21H24FNO2/c1-25-18-9-10-19(20(22)11-18)21(24)12-16-7-8-17(13-21)23(16)14-15-5-3-2-4-6-15/h2-6,9-11,16-17,24H,7-8,12-14H2,1H3. The van der Waals surface area contributed by atoms with E-state index in [9.17, 15) is 9.50 Å². The second kappa shape index (κ2) is 6.43. The predicted octanol–water partition coefficient (Wildman–Crippen LogP) is 3.85. The maximum absolute atomic E-state index is 14.5. The lowest BCUT2D eigenvalue weighted by Gasteiger charge is -2.44. The molecular weight excluding hydrogens is 317 g/mol. The van der Waals surface area contributed by atoms with E-state index in [1.54, 1.807) is 12.1 Å². The van der Waals surface area contributed by atoms with Crippen LogP contribution in [0.25, 0.3) is 0 Å². The van der Waals surface area contributed by atoms with Gasteiger partial charge in [-0.25, -0.2) is 4.39 Å². The molecule has 0 amide bonds. The summed E-state index contributed by atoms with van der Waals surface area (Å²) in [7, 11) is 1.52. The molecule has 0 saturated carbocycles. The number of aliphatic hydroxyl groups is 1. The smallest absolute Gasteiger partial charge is 0.132 e. The minimum atomic E-state index is -1.09. The van der Waals surface area contributed by atoms with Gasteiger partial charge in [0.1, 0.15) is 11.6 Å². The van der Waals surface area contributed by atoms with E-state index in [2.05, 4.69) is 29.2 Å². The Morgan fingerprint density at radius 3 is 2.40 bits per heavy atom. The van der Waals surface area contributed by atoms with Crippen LogP contribution >= 0.6 is 0 Å². The predicted molar refractivity (Wildman–Crippen MR) is 94.9 cm³/mol. The van der Waals surface area contributed by atoms with Crippen LogP contribution in [0.15, 0.2) is 48.5 Å². The molecule has 1 N–H and O–H groups in total. The van der Waals surface area contributed by atoms with Crippen LogP contribution in [0.5, 0.6) is 5.75 Å². The third-order valence-corrected chi connectivity index (χ3v) is 5.80. The molecule has 2 bridgehead atoms. The molecule has 2 fully saturated rings. The molecule has 4 rings (SSSR count). The molecule has 4 heteroatoms. The van der Waals surface area contributed by atoms with Crippen LogP contribution < -0.4 is 4.74 Å². The number of nitrogens with zero attached hydrogens (tertiary/aromatic N) is 1. The average molecular weight is 341 g/mol. The first-order chi connectivity index (χ1) is 12.1. The van der Waals surface area contributed by atoms with Crippen molar-refractivity contribution in [1.29, 1.82) is 0 Å². The number of methoxy groups -OCH3 is 1. The van der Waals surface area contributed by atoms with Crippen LogP contribution in [0.4, 0.5) is 4.39 Å². The number of benzene rings is 2. The van der Waals surface area contributed by atoms with Gasteiger partial charge in [-0.2, -0.15) is 0 Å². The molecule has 2 unspecified atom stereocenters. The molecule has 2 atom stereocenters. The Morgan fingerprint density at radius 1 is 1.12 bits per heavy atom. The van der Waals surface area contributed by atoms with Crippen LogP contribution in [-0.2, 0) is 12.1 Å². The summed E-state index contributed by atoms with van der Waals surface area (Å²) in [4.78, 5) is 2.49. The minimum Gasteiger partial charge on any atom is -0.497 e. The molecule has 0 spiro atoms. The van der Waals surface area contributed by atoms with Crippen LogP contribution in [-0.4, -0.2) is 29.2 Å². The van der Waals surface area contributed by atoms with E-state index in [4.69, 9.17) is 4.74 Å². The summed E-state index contributed by atoms with van der Waals surface area (Å²) >= 11 is 0. The Kier molecular flexibility index (Phi) is 4.26. The molecule has 25 heavy (non-hydrogen) atoms. The van der Waals surface area contributed by atoms with E-state index < -0.39 is 5.60 Å². The third-order valence-electron chi connectivity index (χ3n) is 5.80. The van der Waals surface area contributed by atoms with Crippen molar-refractivity contribution < 1.29 is 14.2 Å². The summed E-state index contributed by atoms with van der Waals surface area (Å²) in [5, 5.41) is 11.2. The highest BCUT2D eigenvalue weighted by molar-refractivity contribution is 5.34. The fraction of sp³-hybridized carbons (Fsp3) is 0.429. The van der Waals surface area contributed by atoms with Crippen molar-refractivity contribution in [2.75, 3.05) is 7.11 Å². The van der Waals surface area contributed by atoms with Crippen LogP contribution in [0.3, 0.4) is 0 Å². The number of fused-ring (bicyclic) bond motifs is 2. The Balaban J connectivity index is 1.56. The molecule has 2 aliphatic heterocycles. The summed E-state index contributed by atoms with van der Waals surface area (Å²) in [5.74, 6) is 0.104. The van der Waals surface area contributed by atoms with E-state index in [0.717, 1.165) is 19.4 Å². The first kappa shape index (κ1) is 16.6. The zero-order valence-corrected chi connectivity index (χ0v) is 14.5. The van der Waals surface area contributed by atoms with E-state index in [1.165, 1.54) is 18.7 Å². The minimum absolute atomic E-state index is 0.297. The van der Waals surface area contributed by atoms with Crippen molar-refractivity contribution in [1.82, 2.24) is 4.90 Å². The summed E-state index contributed by atoms with van der Waals surface area (Å²) in [5.41, 5.74) is 0.611. The molecule has 2 aliphatic rings. The molecule has 2 aromatic carbocycles. The zero-order chi connectivity index (χ0) is 17.4. The largest absolute Gasteiger partial charge is 0.497 e. The number of ether oxygens (including phenoxy) is 1. The Morgan fingerprint density at radius 2 is 1.80 bits per heavy atom. The van der Waals surface area contributed by atoms with Gasteiger partial charge in [-0.3, -0.25) is 4.90 Å². The van der Waals surface area contributed by atoms with Crippen LogP contribution in [0.1, 0.15) is 36.8 Å². The number of halogens is 1. The van der Waals surface area contributed by atoms with Gasteiger partial charge in [0.05, 0.1) is 12.7 Å². The monoisotopic (exact) mass is 341 g/mol. The van der Waals surface area contributed by atoms with Gasteiger partial charge in [-0.15, -0.1) is 0 Å². The highest BCUT2D eigenvalue weighted by atomic mass is 19.1. The van der Waals surface area contributed by atoms with Crippen LogP contribution in [0.2, 0.25) is 0 Å². The molecule has 132 valence electrons. The van der Waals surface area contributed by atoms with E-state index in [1.807, 2.05) is 6.07 Å². The van der Waals surface area contributed by atoms with Gasteiger partial charge in [0.15, 0.2) is 0 Å². The summed E-state index contributed by atoms with van der Waals surface area (Å²) in [6.45, 7) is 0.900. The van der Waals surface area contributed by atoms with Gasteiger partial charge in [0.2, 0.25) is 0 Å². The molecule has 0 aliphatic carbocycles. The maximum Gasteiger partial charge on any atom is 0.132 e. The van der Waals surface area contributed by atoms with Crippen molar-refractivity contribution in [2.24, 2.45) is 0 Å². The lowest BCUT2D eigenvalue weighted by atomic mass is 9.80. The van der Waals surface area contributed by atoms with Crippen molar-refractivity contribution in [2.45, 2.75) is 49.9 Å². The lowest BCUT2D eigenvalue weighted by Crippen LogP contribution is -2.49. The number of hydrogen-bond donors (Lipinski definition) is 1. The van der Waals surface area contributed by atoms with Gasteiger partial charge in [0.25, 0.3) is 0 Å². The highest BCUT2D eigenvalue weighted by Gasteiger charge is 2.49. The second-order valence-electron chi connectivity index (χ2n) is 7.33. The third kappa shape index (κ3) is 3.05. The molecule has 3 nitrogen and oxygen atoms in total. The van der Waals surface area contributed by atoms with Crippen molar-refractivity contribution in [3.63, 3.8) is 0 Å². The van der Waals surface area contributed by atoms with Crippen LogP contribution in [0, 0.1) is 5.82 Å². The number of rotatable bonds is 4. The van der Waals surface area contributed by atoms with Crippen molar-refractivity contribution in [3.05, 3.63) is 65.5 Å². The van der Waals surface area contributed by atoms with E-state index >= 15 is 0 Å². The summed E-state index contributed by atoms with van der Waals surface area (Å²) in [6, 6.07) is 15.8. The van der Waals surface area contributed by atoms with E-state index in [-0.39, 0.29) is 5.82 Å². The Hall–Kier alpha value is -1.91. The summed E-state index contributed by atoms with van der Waals surface area (Å²) in [6.07, 6.45) is 3.30. The summed E-state index contributed by atoms with van der Waals surface area (Å²) < 4.78 is 19.6. The number of piperidine rings is 1. The molecule has 2 saturated heterocycles. The first-order valence-electron chi connectivity index (χ1n) is 8.95. The van der Waals surface area contributed by atoms with Gasteiger partial charge in [-0.1, -0.05) is 30.3 Å². The van der Waals surface area contributed by atoms with Crippen molar-refractivity contribution >= 4 is 0 Å². The molecule has 0 radical (unpaired) electrons. The number of hydrogen-bond acceptors (Lipinski definition) is 3. The fourth-order valence-electron chi connectivity index (χ4n) is 4.59. The SMILES string of the molecule is COc1ccc(C2(O)CC3CCC(C2)N3Cc2ccccc2)c(F)c1. The van der Waals surface area contributed by atoms with Crippen molar-refractivity contribution in [3.8, 4) is 5.75 Å². The lowest BCUT2D eigenvalue weighted by molar-refractivity contribution is -0.0615. The maximum atomic E-state index is 14.5. The Bertz CT molecular complexity index is 735. The quantitative estimate of drug-likeness (QED) is 0.917. The Labute approximate surface area is 148 Å². The second-order valence-corrected chi connectivity index (χ2v) is 7.33. The normalized spacial score (nSPS) is 28.9. The first-order valence-corrected chi connectivity index (χ1v) is 8.95.